The van der Waals surface area contributed by atoms with Crippen LogP contribution in [0, 0.1) is 16.0 Å². The molecule has 2 N–H and O–H groups in total. The van der Waals surface area contributed by atoms with Crippen molar-refractivity contribution in [2.75, 3.05) is 30.4 Å². The molecule has 1 fully saturated rings. The van der Waals surface area contributed by atoms with Crippen molar-refractivity contribution in [3.05, 3.63) is 16.4 Å². The third kappa shape index (κ3) is 2.58. The molecule has 1 saturated heterocycles. The van der Waals surface area contributed by atoms with Gasteiger partial charge in [-0.25, -0.2) is 9.97 Å². The van der Waals surface area contributed by atoms with Gasteiger partial charge in [0.1, 0.15) is 6.33 Å². The fourth-order valence-electron chi connectivity index (χ4n) is 2.19. The monoisotopic (exact) mass is 267 g/mol. The van der Waals surface area contributed by atoms with Crippen LogP contribution in [0.3, 0.4) is 0 Å². The number of aliphatic hydroxyl groups is 1. The van der Waals surface area contributed by atoms with Crippen molar-refractivity contribution in [2.45, 2.75) is 19.4 Å². The summed E-state index contributed by atoms with van der Waals surface area (Å²) in [5.41, 5.74) is -0.147. The van der Waals surface area contributed by atoms with Crippen molar-refractivity contribution in [3.63, 3.8) is 0 Å². The van der Waals surface area contributed by atoms with Crippen molar-refractivity contribution in [1.82, 2.24) is 9.97 Å². The van der Waals surface area contributed by atoms with Crippen molar-refractivity contribution in [1.29, 1.82) is 0 Å². The van der Waals surface area contributed by atoms with E-state index in [4.69, 9.17) is 0 Å². The van der Waals surface area contributed by atoms with Crippen LogP contribution in [-0.4, -0.2) is 46.2 Å². The highest BCUT2D eigenvalue weighted by atomic mass is 16.6. The Labute approximate surface area is 110 Å². The Morgan fingerprint density at radius 2 is 2.32 bits per heavy atom. The normalized spacial score (nSPS) is 23.2. The van der Waals surface area contributed by atoms with Gasteiger partial charge in [0.2, 0.25) is 11.6 Å². The number of piperidine rings is 1. The minimum absolute atomic E-state index is 0.147. The highest BCUT2D eigenvalue weighted by Crippen LogP contribution is 2.33. The Balaban J connectivity index is 2.37. The number of nitro groups is 1. The summed E-state index contributed by atoms with van der Waals surface area (Å²) in [5, 5.41) is 23.8. The second kappa shape index (κ2) is 5.35. The average molecular weight is 267 g/mol. The van der Waals surface area contributed by atoms with Crippen LogP contribution in [0.25, 0.3) is 0 Å². The van der Waals surface area contributed by atoms with Gasteiger partial charge in [-0.1, -0.05) is 6.92 Å². The zero-order valence-electron chi connectivity index (χ0n) is 10.9. The maximum atomic E-state index is 11.2. The molecule has 2 rings (SSSR count). The largest absolute Gasteiger partial charge is 0.391 e. The van der Waals surface area contributed by atoms with Crippen LogP contribution in [0.2, 0.25) is 0 Å². The van der Waals surface area contributed by atoms with Crippen LogP contribution in [0.1, 0.15) is 13.3 Å². The van der Waals surface area contributed by atoms with Gasteiger partial charge in [-0.05, 0) is 12.3 Å². The molecule has 0 bridgehead atoms. The van der Waals surface area contributed by atoms with Crippen LogP contribution >= 0.6 is 0 Å². The Kier molecular flexibility index (Phi) is 3.79. The lowest BCUT2D eigenvalue weighted by Gasteiger charge is -2.34. The van der Waals surface area contributed by atoms with E-state index in [0.717, 1.165) is 6.42 Å². The predicted octanol–water partition coefficient (Wildman–Crippen LogP) is 0.634. The zero-order valence-corrected chi connectivity index (χ0v) is 10.9. The summed E-state index contributed by atoms with van der Waals surface area (Å²) in [6.07, 6.45) is 1.57. The first-order chi connectivity index (χ1) is 9.04. The number of anilines is 2. The summed E-state index contributed by atoms with van der Waals surface area (Å²) in [6, 6.07) is 0. The maximum Gasteiger partial charge on any atom is 0.353 e. The molecule has 2 unspecified atom stereocenters. The molecule has 104 valence electrons. The van der Waals surface area contributed by atoms with E-state index >= 15 is 0 Å². The summed E-state index contributed by atoms with van der Waals surface area (Å²) in [7, 11) is 1.58. The number of nitrogens with one attached hydrogen (secondary N) is 1. The Bertz CT molecular complexity index is 481. The molecular formula is C11H17N5O3. The number of hydrogen-bond acceptors (Lipinski definition) is 7. The molecule has 1 aliphatic rings. The van der Waals surface area contributed by atoms with Gasteiger partial charge in [0, 0.05) is 20.1 Å². The van der Waals surface area contributed by atoms with E-state index in [1.165, 1.54) is 6.33 Å². The van der Waals surface area contributed by atoms with Crippen LogP contribution in [-0.2, 0) is 0 Å². The van der Waals surface area contributed by atoms with Gasteiger partial charge < -0.3 is 15.3 Å². The summed E-state index contributed by atoms with van der Waals surface area (Å²) < 4.78 is 0. The average Bonchev–Trinajstić information content (AvgIpc) is 2.40. The third-order valence-corrected chi connectivity index (χ3v) is 3.44. The summed E-state index contributed by atoms with van der Waals surface area (Å²) in [4.78, 5) is 20.3. The zero-order chi connectivity index (χ0) is 14.0. The highest BCUT2D eigenvalue weighted by Gasteiger charge is 2.31. The molecule has 0 aliphatic carbocycles. The molecule has 1 aromatic heterocycles. The molecule has 0 radical (unpaired) electrons. The number of rotatable bonds is 3. The van der Waals surface area contributed by atoms with Crippen molar-refractivity contribution in [3.8, 4) is 0 Å². The quantitative estimate of drug-likeness (QED) is 0.611. The van der Waals surface area contributed by atoms with E-state index in [1.54, 1.807) is 11.9 Å². The van der Waals surface area contributed by atoms with Gasteiger partial charge in [-0.15, -0.1) is 0 Å². The number of β-amino-alcohol motifs (C(OH)–C–C–N with tert-alkyl or cyclic N) is 1. The first kappa shape index (κ1) is 13.5. The standard InChI is InChI=1S/C11H17N5O3/c1-7-3-4-15(5-8(7)17)11-9(16(18)19)10(12-2)13-6-14-11/h6-8,17H,3-5H2,1-2H3,(H,12,13,14). The van der Waals surface area contributed by atoms with Gasteiger partial charge in [-0.3, -0.25) is 10.1 Å². The fourth-order valence-corrected chi connectivity index (χ4v) is 2.19. The van der Waals surface area contributed by atoms with Crippen molar-refractivity contribution >= 4 is 17.3 Å². The highest BCUT2D eigenvalue weighted by molar-refractivity contribution is 5.70. The Hall–Kier alpha value is -1.96. The van der Waals surface area contributed by atoms with E-state index in [-0.39, 0.29) is 23.2 Å². The molecule has 19 heavy (non-hydrogen) atoms. The summed E-state index contributed by atoms with van der Waals surface area (Å²) in [5.74, 6) is 0.638. The second-order valence-corrected chi connectivity index (χ2v) is 4.68. The smallest absolute Gasteiger partial charge is 0.353 e. The predicted molar refractivity (Wildman–Crippen MR) is 70.2 cm³/mol. The van der Waals surface area contributed by atoms with Gasteiger partial charge in [0.15, 0.2) is 0 Å². The fraction of sp³-hybridized carbons (Fsp3) is 0.636. The minimum atomic E-state index is -0.499. The van der Waals surface area contributed by atoms with E-state index in [1.807, 2.05) is 6.92 Å². The van der Waals surface area contributed by atoms with Crippen LogP contribution in [0.5, 0.6) is 0 Å². The SMILES string of the molecule is CNc1ncnc(N2CCC(C)C(O)C2)c1[N+](=O)[O-]. The lowest BCUT2D eigenvalue weighted by Crippen LogP contribution is -2.43. The van der Waals surface area contributed by atoms with Gasteiger partial charge >= 0.3 is 5.69 Å². The summed E-state index contributed by atoms with van der Waals surface area (Å²) in [6.45, 7) is 2.96. The lowest BCUT2D eigenvalue weighted by molar-refractivity contribution is -0.383. The molecule has 0 aromatic carbocycles. The first-order valence-corrected chi connectivity index (χ1v) is 6.14. The molecule has 8 nitrogen and oxygen atoms in total. The van der Waals surface area contributed by atoms with Gasteiger partial charge in [0.05, 0.1) is 11.0 Å². The van der Waals surface area contributed by atoms with Crippen molar-refractivity contribution < 1.29 is 10.0 Å². The van der Waals surface area contributed by atoms with E-state index in [9.17, 15) is 15.2 Å². The minimum Gasteiger partial charge on any atom is -0.391 e. The lowest BCUT2D eigenvalue weighted by atomic mass is 9.96. The van der Waals surface area contributed by atoms with E-state index < -0.39 is 11.0 Å². The number of aliphatic hydroxyl groups excluding tert-OH is 1. The van der Waals surface area contributed by atoms with Crippen molar-refractivity contribution in [2.24, 2.45) is 5.92 Å². The maximum absolute atomic E-state index is 11.2. The van der Waals surface area contributed by atoms with E-state index in [0.29, 0.717) is 13.1 Å². The molecule has 2 heterocycles. The van der Waals surface area contributed by atoms with Crippen LogP contribution in [0.15, 0.2) is 6.33 Å². The number of nitrogens with zero attached hydrogens (tertiary/aromatic N) is 4. The number of hydrogen-bond donors (Lipinski definition) is 2. The number of aromatic nitrogens is 2. The molecule has 1 aromatic rings. The van der Waals surface area contributed by atoms with E-state index in [2.05, 4.69) is 15.3 Å². The Morgan fingerprint density at radius 1 is 1.58 bits per heavy atom. The third-order valence-electron chi connectivity index (χ3n) is 3.44. The molecule has 0 amide bonds. The van der Waals surface area contributed by atoms with Crippen LogP contribution < -0.4 is 10.2 Å². The molecule has 1 aliphatic heterocycles. The second-order valence-electron chi connectivity index (χ2n) is 4.68. The molecule has 8 heteroatoms. The molecule has 0 saturated carbocycles. The van der Waals surface area contributed by atoms with Gasteiger partial charge in [0.25, 0.3) is 0 Å². The molecule has 2 atom stereocenters. The topological polar surface area (TPSA) is 104 Å². The molecule has 0 spiro atoms. The molecular weight excluding hydrogens is 250 g/mol. The first-order valence-electron chi connectivity index (χ1n) is 6.14. The Morgan fingerprint density at radius 3 is 2.89 bits per heavy atom. The summed E-state index contributed by atoms with van der Waals surface area (Å²) >= 11 is 0. The van der Waals surface area contributed by atoms with Crippen LogP contribution in [0.4, 0.5) is 17.3 Å². The van der Waals surface area contributed by atoms with Gasteiger partial charge in [-0.2, -0.15) is 0 Å².